The fraction of sp³-hybridized carbons (Fsp3) is 0. The van der Waals surface area contributed by atoms with Crippen molar-refractivity contribution in [1.82, 2.24) is 4.98 Å². The van der Waals surface area contributed by atoms with Gasteiger partial charge in [-0.25, -0.2) is 17.6 Å². The van der Waals surface area contributed by atoms with Gasteiger partial charge in [0, 0.05) is 16.7 Å². The predicted molar refractivity (Wildman–Crippen MR) is 105 cm³/mol. The molecule has 0 saturated carbocycles. The number of halogens is 5. The minimum absolute atomic E-state index is 0.155. The predicted octanol–water partition coefficient (Wildman–Crippen LogP) is 5.94. The van der Waals surface area contributed by atoms with Gasteiger partial charge in [-0.3, -0.25) is 4.79 Å². The van der Waals surface area contributed by atoms with E-state index in [1.165, 1.54) is 18.2 Å². The molecule has 0 aliphatic rings. The van der Waals surface area contributed by atoms with E-state index in [4.69, 9.17) is 16.9 Å². The van der Waals surface area contributed by atoms with E-state index < -0.39 is 39.6 Å². The Morgan fingerprint density at radius 2 is 1.67 bits per heavy atom. The molecule has 0 aliphatic carbocycles. The molecule has 0 saturated heterocycles. The van der Waals surface area contributed by atoms with Gasteiger partial charge in [0.25, 0.3) is 0 Å². The van der Waals surface area contributed by atoms with Crippen LogP contribution in [0.5, 0.6) is 0 Å². The number of hydrogen-bond acceptors (Lipinski definition) is 2. The lowest BCUT2D eigenvalue weighted by atomic mass is 10.00. The number of fused-ring (bicyclic) bond motifs is 1. The largest absolute Gasteiger partial charge is 0.354 e. The van der Waals surface area contributed by atoms with Gasteiger partial charge in [0.2, 0.25) is 0 Å². The molecule has 1 N–H and O–H groups in total. The van der Waals surface area contributed by atoms with Crippen LogP contribution < -0.4 is 5.43 Å². The van der Waals surface area contributed by atoms with Crippen molar-refractivity contribution in [3.05, 3.63) is 92.6 Å². The summed E-state index contributed by atoms with van der Waals surface area (Å²) in [5, 5.41) is 8.83. The fourth-order valence-corrected chi connectivity index (χ4v) is 3.42. The van der Waals surface area contributed by atoms with Gasteiger partial charge in [0.05, 0.1) is 33.8 Å². The van der Waals surface area contributed by atoms with Gasteiger partial charge in [-0.2, -0.15) is 5.26 Å². The summed E-state index contributed by atoms with van der Waals surface area (Å²) in [7, 11) is 0. The molecule has 0 aliphatic heterocycles. The summed E-state index contributed by atoms with van der Waals surface area (Å²) < 4.78 is 56.5. The van der Waals surface area contributed by atoms with E-state index in [-0.39, 0.29) is 27.4 Å². The van der Waals surface area contributed by atoms with Gasteiger partial charge in [-0.1, -0.05) is 17.7 Å². The summed E-state index contributed by atoms with van der Waals surface area (Å²) in [5.41, 5.74) is -1.09. The van der Waals surface area contributed by atoms with Crippen LogP contribution in [0.1, 0.15) is 5.56 Å². The number of benzene rings is 3. The van der Waals surface area contributed by atoms with Gasteiger partial charge < -0.3 is 4.98 Å². The third-order valence-corrected chi connectivity index (χ3v) is 4.93. The Kier molecular flexibility index (Phi) is 4.80. The number of nitriles is 1. The van der Waals surface area contributed by atoms with Gasteiger partial charge in [0.15, 0.2) is 17.1 Å². The lowest BCUT2D eigenvalue weighted by molar-refractivity contribution is 0.508. The minimum atomic E-state index is -1.28. The van der Waals surface area contributed by atoms with E-state index in [2.05, 4.69) is 4.98 Å². The van der Waals surface area contributed by atoms with Crippen LogP contribution in [0.4, 0.5) is 17.6 Å². The summed E-state index contributed by atoms with van der Waals surface area (Å²) in [6.45, 7) is 0. The van der Waals surface area contributed by atoms with E-state index in [1.54, 1.807) is 0 Å². The topological polar surface area (TPSA) is 56.6 Å². The monoisotopic (exact) mass is 428 g/mol. The molecule has 4 aromatic rings. The molecule has 3 aromatic carbocycles. The van der Waals surface area contributed by atoms with Gasteiger partial charge >= 0.3 is 0 Å². The molecule has 0 spiro atoms. The van der Waals surface area contributed by atoms with Crippen molar-refractivity contribution in [2.75, 3.05) is 0 Å². The molecule has 1 aromatic heterocycles. The quantitative estimate of drug-likeness (QED) is 0.401. The standard InChI is InChI=1S/C22H9ClF4N2O/c23-13-3-1-10(9-28)5-12(13)17-8-19(30)21-18(29-17)7-16(26)20(22(21)27)11-2-4-14(24)15(25)6-11/h1-8H,(H,29,30). The Morgan fingerprint density at radius 3 is 2.37 bits per heavy atom. The first-order chi connectivity index (χ1) is 14.3. The average molecular weight is 429 g/mol. The fourth-order valence-electron chi connectivity index (χ4n) is 3.21. The second-order valence-electron chi connectivity index (χ2n) is 6.45. The van der Waals surface area contributed by atoms with Crippen molar-refractivity contribution in [3.63, 3.8) is 0 Å². The number of hydrogen-bond donors (Lipinski definition) is 1. The van der Waals surface area contributed by atoms with E-state index in [0.717, 1.165) is 24.3 Å². The third-order valence-electron chi connectivity index (χ3n) is 4.60. The highest BCUT2D eigenvalue weighted by atomic mass is 35.5. The molecule has 0 amide bonds. The molecule has 0 radical (unpaired) electrons. The molecule has 148 valence electrons. The van der Waals surface area contributed by atoms with E-state index in [9.17, 15) is 18.0 Å². The number of rotatable bonds is 2. The molecule has 0 atom stereocenters. The molecule has 0 unspecified atom stereocenters. The molecule has 8 heteroatoms. The summed E-state index contributed by atoms with van der Waals surface area (Å²) in [6.07, 6.45) is 0. The maximum Gasteiger partial charge on any atom is 0.193 e. The molecule has 0 bridgehead atoms. The Balaban J connectivity index is 1.98. The van der Waals surface area contributed by atoms with Crippen LogP contribution >= 0.6 is 11.6 Å². The number of aromatic amines is 1. The first kappa shape index (κ1) is 19.7. The average Bonchev–Trinajstić information content (AvgIpc) is 2.70. The van der Waals surface area contributed by atoms with Gasteiger partial charge in [0.1, 0.15) is 11.6 Å². The lowest BCUT2D eigenvalue weighted by Gasteiger charge is -2.11. The smallest absolute Gasteiger partial charge is 0.193 e. The molecule has 4 rings (SSSR count). The molecule has 30 heavy (non-hydrogen) atoms. The van der Waals surface area contributed by atoms with E-state index in [0.29, 0.717) is 11.6 Å². The van der Waals surface area contributed by atoms with Crippen LogP contribution in [0.15, 0.2) is 53.3 Å². The molecular formula is C22H9ClF4N2O. The van der Waals surface area contributed by atoms with Crippen LogP contribution in [0, 0.1) is 34.6 Å². The van der Waals surface area contributed by atoms with Crippen molar-refractivity contribution in [3.8, 4) is 28.5 Å². The maximum absolute atomic E-state index is 15.1. The molecule has 1 heterocycles. The summed E-state index contributed by atoms with van der Waals surface area (Å²) in [4.78, 5) is 15.4. The zero-order valence-corrected chi connectivity index (χ0v) is 15.6. The number of H-pyrrole nitrogens is 1. The van der Waals surface area contributed by atoms with Crippen LogP contribution in [-0.4, -0.2) is 4.98 Å². The molecule has 3 nitrogen and oxygen atoms in total. The van der Waals surface area contributed by atoms with Crippen molar-refractivity contribution >= 4 is 22.5 Å². The first-order valence-corrected chi connectivity index (χ1v) is 8.88. The highest BCUT2D eigenvalue weighted by Gasteiger charge is 2.20. The molecule has 0 fully saturated rings. The zero-order valence-electron chi connectivity index (χ0n) is 14.9. The number of nitrogens with zero attached hydrogens (tertiary/aromatic N) is 1. The van der Waals surface area contributed by atoms with Crippen molar-refractivity contribution < 1.29 is 17.6 Å². The van der Waals surface area contributed by atoms with Crippen LogP contribution in [0.3, 0.4) is 0 Å². The normalized spacial score (nSPS) is 10.9. The highest BCUT2D eigenvalue weighted by Crippen LogP contribution is 2.33. The minimum Gasteiger partial charge on any atom is -0.354 e. The van der Waals surface area contributed by atoms with Crippen LogP contribution in [-0.2, 0) is 0 Å². The second-order valence-corrected chi connectivity index (χ2v) is 6.86. The first-order valence-electron chi connectivity index (χ1n) is 8.50. The van der Waals surface area contributed by atoms with Crippen molar-refractivity contribution in [2.24, 2.45) is 0 Å². The molecular weight excluding hydrogens is 420 g/mol. The van der Waals surface area contributed by atoms with E-state index >= 15 is 4.39 Å². The summed E-state index contributed by atoms with van der Waals surface area (Å²) in [6, 6.07) is 10.7. The van der Waals surface area contributed by atoms with Gasteiger partial charge in [-0.15, -0.1) is 0 Å². The van der Waals surface area contributed by atoms with Crippen molar-refractivity contribution in [2.45, 2.75) is 0 Å². The maximum atomic E-state index is 15.1. The Labute approximate surface area is 171 Å². The van der Waals surface area contributed by atoms with Crippen molar-refractivity contribution in [1.29, 1.82) is 5.26 Å². The second kappa shape index (κ2) is 7.32. The van der Waals surface area contributed by atoms with Crippen LogP contribution in [0.2, 0.25) is 5.02 Å². The lowest BCUT2D eigenvalue weighted by Crippen LogP contribution is -2.08. The highest BCUT2D eigenvalue weighted by molar-refractivity contribution is 6.33. The third kappa shape index (κ3) is 3.21. The number of aromatic nitrogens is 1. The summed E-state index contributed by atoms with van der Waals surface area (Å²) in [5.74, 6) is -4.72. The Morgan fingerprint density at radius 1 is 0.900 bits per heavy atom. The van der Waals surface area contributed by atoms with E-state index in [1.807, 2.05) is 6.07 Å². The SMILES string of the molecule is N#Cc1ccc(Cl)c(-c2cc(=O)c3c(F)c(-c4ccc(F)c(F)c4)c(F)cc3[nH]2)c1. The number of nitrogens with one attached hydrogen (secondary N) is 1. The van der Waals surface area contributed by atoms with Gasteiger partial charge in [-0.05, 0) is 42.0 Å². The Hall–Kier alpha value is -3.63. The van der Waals surface area contributed by atoms with Crippen LogP contribution in [0.25, 0.3) is 33.3 Å². The zero-order chi connectivity index (χ0) is 21.6. The Bertz CT molecular complexity index is 1440. The summed E-state index contributed by atoms with van der Waals surface area (Å²) >= 11 is 6.14. The number of pyridine rings is 1.